The third-order valence-corrected chi connectivity index (χ3v) is 4.08. The number of ether oxygens (including phenoxy) is 1. The van der Waals surface area contributed by atoms with Crippen LogP contribution in [-0.4, -0.2) is 6.61 Å². The van der Waals surface area contributed by atoms with E-state index in [9.17, 15) is 8.78 Å². The highest BCUT2D eigenvalue weighted by atomic mass is 19.1. The summed E-state index contributed by atoms with van der Waals surface area (Å²) < 4.78 is 32.6. The van der Waals surface area contributed by atoms with Crippen molar-refractivity contribution in [1.29, 1.82) is 0 Å². The Bertz CT molecular complexity index is 824. The molecule has 0 saturated carbocycles. The van der Waals surface area contributed by atoms with Gasteiger partial charge in [0.25, 0.3) is 0 Å². The minimum absolute atomic E-state index is 0.253. The molecule has 0 heterocycles. The summed E-state index contributed by atoms with van der Waals surface area (Å²) in [7, 11) is 0. The fourth-order valence-corrected chi connectivity index (χ4v) is 2.62. The van der Waals surface area contributed by atoms with Gasteiger partial charge in [-0.05, 0) is 52.9 Å². The molecule has 0 atom stereocenters. The van der Waals surface area contributed by atoms with Gasteiger partial charge in [-0.25, -0.2) is 8.78 Å². The molecule has 0 fully saturated rings. The monoisotopic (exact) mass is 338 g/mol. The molecule has 0 spiro atoms. The second-order valence-corrected chi connectivity index (χ2v) is 5.93. The van der Waals surface area contributed by atoms with Crippen molar-refractivity contribution < 1.29 is 13.5 Å². The lowest BCUT2D eigenvalue weighted by molar-refractivity contribution is 0.294. The van der Waals surface area contributed by atoms with E-state index in [1.165, 1.54) is 18.2 Å². The Balaban J connectivity index is 1.78. The molecule has 3 rings (SSSR count). The summed E-state index contributed by atoms with van der Waals surface area (Å²) in [5, 5.41) is 0. The Hall–Kier alpha value is -2.68. The minimum atomic E-state index is -0.351. The Morgan fingerprint density at radius 2 is 1.24 bits per heavy atom. The van der Waals surface area contributed by atoms with E-state index in [4.69, 9.17) is 4.74 Å². The van der Waals surface area contributed by atoms with Gasteiger partial charge in [-0.2, -0.15) is 0 Å². The predicted octanol–water partition coefficient (Wildman–Crippen LogP) is 6.48. The molecule has 0 aliphatic heterocycles. The van der Waals surface area contributed by atoms with Crippen LogP contribution in [0.4, 0.5) is 8.78 Å². The number of hydrogen-bond acceptors (Lipinski definition) is 1. The van der Waals surface area contributed by atoms with Gasteiger partial charge in [-0.15, -0.1) is 0 Å². The van der Waals surface area contributed by atoms with E-state index in [0.717, 1.165) is 35.1 Å². The Morgan fingerprint density at radius 1 is 0.720 bits per heavy atom. The first kappa shape index (κ1) is 17.2. The molecule has 1 nitrogen and oxygen atoms in total. The molecule has 0 aromatic heterocycles. The topological polar surface area (TPSA) is 9.23 Å². The molecule has 0 aliphatic carbocycles. The van der Waals surface area contributed by atoms with Gasteiger partial charge >= 0.3 is 0 Å². The summed E-state index contributed by atoms with van der Waals surface area (Å²) in [6, 6.07) is 19.2. The standard InChI is InChI=1S/C22H20F2O/c1-2-3-14-25-22-13-10-19(15-21(22)24)18-6-4-16(5-7-18)17-8-11-20(23)12-9-17/h4-13,15H,2-3,14H2,1H3. The summed E-state index contributed by atoms with van der Waals surface area (Å²) in [4.78, 5) is 0. The smallest absolute Gasteiger partial charge is 0.165 e. The average molecular weight is 338 g/mol. The van der Waals surface area contributed by atoms with Crippen molar-refractivity contribution in [2.24, 2.45) is 0 Å². The van der Waals surface area contributed by atoms with Gasteiger partial charge in [0.15, 0.2) is 11.6 Å². The van der Waals surface area contributed by atoms with Crippen LogP contribution in [0.3, 0.4) is 0 Å². The molecule has 3 aromatic rings. The summed E-state index contributed by atoms with van der Waals surface area (Å²) >= 11 is 0. The van der Waals surface area contributed by atoms with Gasteiger partial charge in [-0.3, -0.25) is 0 Å². The normalized spacial score (nSPS) is 10.7. The second kappa shape index (κ2) is 7.93. The molecule has 0 bridgehead atoms. The Kier molecular flexibility index (Phi) is 5.44. The average Bonchev–Trinajstić information content (AvgIpc) is 2.64. The zero-order chi connectivity index (χ0) is 17.6. The van der Waals surface area contributed by atoms with Crippen LogP contribution in [0.25, 0.3) is 22.3 Å². The number of unbranched alkanes of at least 4 members (excludes halogenated alkanes) is 1. The Morgan fingerprint density at radius 3 is 1.80 bits per heavy atom. The molecule has 0 unspecified atom stereocenters. The molecule has 3 heteroatoms. The molecule has 0 aliphatic rings. The number of rotatable bonds is 6. The van der Waals surface area contributed by atoms with E-state index >= 15 is 0 Å². The van der Waals surface area contributed by atoms with E-state index in [2.05, 4.69) is 6.92 Å². The maximum atomic E-state index is 14.2. The summed E-state index contributed by atoms with van der Waals surface area (Å²) in [5.41, 5.74) is 3.65. The van der Waals surface area contributed by atoms with Crippen LogP contribution in [0.15, 0.2) is 66.7 Å². The third kappa shape index (κ3) is 4.24. The van der Waals surface area contributed by atoms with Crippen LogP contribution in [0, 0.1) is 11.6 Å². The summed E-state index contributed by atoms with van der Waals surface area (Å²) in [6.45, 7) is 2.59. The van der Waals surface area contributed by atoms with Crippen molar-refractivity contribution in [3.05, 3.63) is 78.4 Å². The van der Waals surface area contributed by atoms with Gasteiger partial charge in [0.05, 0.1) is 6.61 Å². The maximum Gasteiger partial charge on any atom is 0.165 e. The van der Waals surface area contributed by atoms with Crippen molar-refractivity contribution in [2.75, 3.05) is 6.61 Å². The largest absolute Gasteiger partial charge is 0.491 e. The van der Waals surface area contributed by atoms with Gasteiger partial charge in [0.1, 0.15) is 5.82 Å². The predicted molar refractivity (Wildman–Crippen MR) is 97.6 cm³/mol. The number of hydrogen-bond donors (Lipinski definition) is 0. The van der Waals surface area contributed by atoms with Crippen LogP contribution in [-0.2, 0) is 0 Å². The lowest BCUT2D eigenvalue weighted by atomic mass is 10.0. The molecule has 0 saturated heterocycles. The van der Waals surface area contributed by atoms with E-state index in [1.54, 1.807) is 18.2 Å². The lowest BCUT2D eigenvalue weighted by Gasteiger charge is -2.09. The second-order valence-electron chi connectivity index (χ2n) is 5.93. The molecule has 25 heavy (non-hydrogen) atoms. The van der Waals surface area contributed by atoms with Crippen molar-refractivity contribution in [2.45, 2.75) is 19.8 Å². The van der Waals surface area contributed by atoms with Crippen molar-refractivity contribution in [3.8, 4) is 28.0 Å². The minimum Gasteiger partial charge on any atom is -0.491 e. The van der Waals surface area contributed by atoms with E-state index < -0.39 is 0 Å². The first-order chi connectivity index (χ1) is 12.2. The van der Waals surface area contributed by atoms with Crippen LogP contribution < -0.4 is 4.74 Å². The van der Waals surface area contributed by atoms with Gasteiger partial charge in [0.2, 0.25) is 0 Å². The Labute approximate surface area is 146 Å². The molecule has 0 amide bonds. The fourth-order valence-electron chi connectivity index (χ4n) is 2.62. The first-order valence-electron chi connectivity index (χ1n) is 8.46. The van der Waals surface area contributed by atoms with Crippen LogP contribution in [0.5, 0.6) is 5.75 Å². The highest BCUT2D eigenvalue weighted by Crippen LogP contribution is 2.28. The van der Waals surface area contributed by atoms with Crippen molar-refractivity contribution in [1.82, 2.24) is 0 Å². The lowest BCUT2D eigenvalue weighted by Crippen LogP contribution is -1.98. The molecular weight excluding hydrogens is 318 g/mol. The van der Waals surface area contributed by atoms with Gasteiger partial charge in [0, 0.05) is 0 Å². The fraction of sp³-hybridized carbons (Fsp3) is 0.182. The zero-order valence-corrected chi connectivity index (χ0v) is 14.1. The van der Waals surface area contributed by atoms with Crippen LogP contribution >= 0.6 is 0 Å². The summed E-state index contributed by atoms with van der Waals surface area (Å²) in [5.74, 6) is -0.312. The molecule has 0 N–H and O–H groups in total. The van der Waals surface area contributed by atoms with Crippen molar-refractivity contribution >= 4 is 0 Å². The number of benzene rings is 3. The molecule has 128 valence electrons. The molecule has 3 aromatic carbocycles. The van der Waals surface area contributed by atoms with E-state index in [-0.39, 0.29) is 11.6 Å². The maximum absolute atomic E-state index is 14.2. The quantitative estimate of drug-likeness (QED) is 0.468. The van der Waals surface area contributed by atoms with Crippen molar-refractivity contribution in [3.63, 3.8) is 0 Å². The highest BCUT2D eigenvalue weighted by molar-refractivity contribution is 5.70. The van der Waals surface area contributed by atoms with Crippen LogP contribution in [0.1, 0.15) is 19.8 Å². The molecular formula is C22H20F2O. The first-order valence-corrected chi connectivity index (χ1v) is 8.46. The van der Waals surface area contributed by atoms with Crippen LogP contribution in [0.2, 0.25) is 0 Å². The summed E-state index contributed by atoms with van der Waals surface area (Å²) in [6.07, 6.45) is 1.92. The third-order valence-electron chi connectivity index (χ3n) is 4.08. The zero-order valence-electron chi connectivity index (χ0n) is 14.1. The van der Waals surface area contributed by atoms with Gasteiger partial charge in [-0.1, -0.05) is 55.8 Å². The SMILES string of the molecule is CCCCOc1ccc(-c2ccc(-c3ccc(F)cc3)cc2)cc1F. The van der Waals surface area contributed by atoms with Gasteiger partial charge < -0.3 is 4.74 Å². The number of halogens is 2. The van der Waals surface area contributed by atoms with E-state index in [1.807, 2.05) is 30.3 Å². The molecule has 0 radical (unpaired) electrons. The van der Waals surface area contributed by atoms with E-state index in [0.29, 0.717) is 12.4 Å². The highest BCUT2D eigenvalue weighted by Gasteiger charge is 2.07.